The predicted octanol–water partition coefficient (Wildman–Crippen LogP) is -0.561. The highest BCUT2D eigenvalue weighted by atomic mass is 28.4. The molecule has 0 rings (SSSR count). The zero-order valence-electron chi connectivity index (χ0n) is 5.22. The zero-order chi connectivity index (χ0) is 7.11. The summed E-state index contributed by atoms with van der Waals surface area (Å²) in [5.74, 6) is 0. The summed E-state index contributed by atoms with van der Waals surface area (Å²) < 4.78 is 14.5. The Morgan fingerprint density at radius 1 is 1.33 bits per heavy atom. The minimum absolute atomic E-state index is 0.0316. The van der Waals surface area contributed by atoms with E-state index in [0.29, 0.717) is 0 Å². The van der Waals surface area contributed by atoms with Gasteiger partial charge in [0.15, 0.2) is 9.04 Å². The lowest BCUT2D eigenvalue weighted by molar-refractivity contribution is 0.434. The molecule has 0 aromatic heterocycles. The lowest BCUT2D eigenvalue weighted by Gasteiger charge is -2.01. The first-order valence-corrected chi connectivity index (χ1v) is 6.67. The van der Waals surface area contributed by atoms with E-state index in [1.807, 2.05) is 0 Å². The molecule has 0 aliphatic heterocycles. The van der Waals surface area contributed by atoms with E-state index in [2.05, 4.69) is 27.7 Å². The average Bonchev–Trinajstić information content (AvgIpc) is 1.80. The number of rotatable bonds is 5. The first-order chi connectivity index (χ1) is 4.27. The zero-order valence-corrected chi connectivity index (χ0v) is 9.22. The third kappa shape index (κ3) is 8.75. The molecule has 7 heteroatoms. The summed E-state index contributed by atoms with van der Waals surface area (Å²) in [6.45, 7) is 4.11. The Hall–Kier alpha value is 0.748. The maximum absolute atomic E-state index is 5.16. The number of hydrogen-bond donors (Lipinski definition) is 0. The first-order valence-electron chi connectivity index (χ1n) is 2.22. The molecule has 48 valence electrons. The molecule has 0 saturated carbocycles. The molecule has 0 heterocycles. The Bertz CT molecular complexity index is 59.8. The quantitative estimate of drug-likeness (QED) is 0.430. The van der Waals surface area contributed by atoms with Crippen LogP contribution >= 0.6 is 0 Å². The maximum Gasteiger partial charge on any atom is 0.411 e. The molecule has 9 heavy (non-hydrogen) atoms. The molecule has 3 nitrogen and oxygen atoms in total. The highest BCUT2D eigenvalue weighted by Gasteiger charge is 1.98. The van der Waals surface area contributed by atoms with E-state index in [1.165, 1.54) is 0 Å². The van der Waals surface area contributed by atoms with Crippen LogP contribution in [0.5, 0.6) is 0 Å². The van der Waals surface area contributed by atoms with Crippen molar-refractivity contribution >= 4 is 39.5 Å². The van der Waals surface area contributed by atoms with Crippen molar-refractivity contribution in [3.63, 3.8) is 0 Å². The summed E-state index contributed by atoms with van der Waals surface area (Å²) >= 11 is 0. The molecule has 0 amide bonds. The van der Waals surface area contributed by atoms with Crippen molar-refractivity contribution in [2.24, 2.45) is 0 Å². The molecule has 0 unspecified atom stereocenters. The first kappa shape index (κ1) is 9.75. The second-order valence-electron chi connectivity index (χ2n) is 1.38. The maximum atomic E-state index is 5.16. The van der Waals surface area contributed by atoms with Crippen LogP contribution in [0.4, 0.5) is 0 Å². The molecule has 8 radical (unpaired) electrons. The van der Waals surface area contributed by atoms with Gasteiger partial charge in [-0.15, -0.1) is 0 Å². The van der Waals surface area contributed by atoms with Gasteiger partial charge in [0.1, 0.15) is 0 Å². The van der Waals surface area contributed by atoms with Gasteiger partial charge in [-0.2, -0.15) is 0 Å². The van der Waals surface area contributed by atoms with Crippen LogP contribution in [0.1, 0.15) is 0 Å². The van der Waals surface area contributed by atoms with E-state index in [4.69, 9.17) is 8.23 Å². The summed E-state index contributed by atoms with van der Waals surface area (Å²) in [6, 6.07) is 0. The standard InChI is InChI=1S/C2H6O3Si4/c1-9(2)5-8-4-7-3-6/h1-2H3. The van der Waals surface area contributed by atoms with Gasteiger partial charge in [0.25, 0.3) is 0 Å². The number of hydrogen-bond acceptors (Lipinski definition) is 3. The minimum Gasteiger partial charge on any atom is -0.435 e. The van der Waals surface area contributed by atoms with Gasteiger partial charge in [-0.1, -0.05) is 0 Å². The van der Waals surface area contributed by atoms with Crippen molar-refractivity contribution in [2.45, 2.75) is 13.1 Å². The van der Waals surface area contributed by atoms with E-state index in [-0.39, 0.29) is 20.0 Å². The normalized spacial score (nSPS) is 10.7. The van der Waals surface area contributed by atoms with Gasteiger partial charge < -0.3 is 12.3 Å². The lowest BCUT2D eigenvalue weighted by atomic mass is 11.9. The summed E-state index contributed by atoms with van der Waals surface area (Å²) in [6.07, 6.45) is 0. The van der Waals surface area contributed by atoms with E-state index in [1.54, 1.807) is 0 Å². The summed E-state index contributed by atoms with van der Waals surface area (Å²) in [5.41, 5.74) is 0. The second-order valence-corrected chi connectivity index (χ2v) is 5.98. The molecule has 0 atom stereocenters. The highest BCUT2D eigenvalue weighted by molar-refractivity contribution is 6.56. The highest BCUT2D eigenvalue weighted by Crippen LogP contribution is 1.80. The van der Waals surface area contributed by atoms with E-state index in [9.17, 15) is 0 Å². The molecule has 0 spiro atoms. The van der Waals surface area contributed by atoms with Gasteiger partial charge >= 0.3 is 20.0 Å². The van der Waals surface area contributed by atoms with E-state index in [0.717, 1.165) is 0 Å². The van der Waals surface area contributed by atoms with Gasteiger partial charge in [-0.05, 0) is 13.1 Å². The fourth-order valence-corrected chi connectivity index (χ4v) is 2.03. The molecule has 0 bridgehead atoms. The minimum atomic E-state index is -0.595. The third-order valence-electron chi connectivity index (χ3n) is 0.371. The summed E-state index contributed by atoms with van der Waals surface area (Å²) in [4.78, 5) is 0. The van der Waals surface area contributed by atoms with Crippen molar-refractivity contribution < 1.29 is 12.3 Å². The van der Waals surface area contributed by atoms with Gasteiger partial charge in [-0.3, -0.25) is 0 Å². The predicted molar refractivity (Wildman–Crippen MR) is 38.0 cm³/mol. The molecule has 0 aromatic rings. The van der Waals surface area contributed by atoms with Crippen LogP contribution in [0.3, 0.4) is 0 Å². The smallest absolute Gasteiger partial charge is 0.411 e. The third-order valence-corrected chi connectivity index (χ3v) is 3.34. The lowest BCUT2D eigenvalue weighted by Crippen LogP contribution is -2.16. The second kappa shape index (κ2) is 6.86. The largest absolute Gasteiger partial charge is 0.435 e. The summed E-state index contributed by atoms with van der Waals surface area (Å²) in [7, 11) is 2.36. The van der Waals surface area contributed by atoms with Crippen LogP contribution in [-0.2, 0) is 12.3 Å². The monoisotopic (exact) mass is 190 g/mol. The average molecular weight is 190 g/mol. The van der Waals surface area contributed by atoms with Crippen molar-refractivity contribution in [2.75, 3.05) is 0 Å². The molecule has 0 aliphatic rings. The van der Waals surface area contributed by atoms with Crippen LogP contribution in [-0.4, -0.2) is 39.5 Å². The Morgan fingerprint density at radius 3 is 2.44 bits per heavy atom. The van der Waals surface area contributed by atoms with Gasteiger partial charge in [-0.25, -0.2) is 0 Å². The molecule has 0 N–H and O–H groups in total. The van der Waals surface area contributed by atoms with E-state index < -0.39 is 9.04 Å². The fraction of sp³-hybridized carbons (Fsp3) is 1.00. The fourth-order valence-electron chi connectivity index (χ4n) is 0.142. The van der Waals surface area contributed by atoms with Crippen molar-refractivity contribution in [1.82, 2.24) is 0 Å². The Balaban J connectivity index is 2.75. The molecular weight excluding hydrogens is 184 g/mol. The Kier molecular flexibility index (Phi) is 7.43. The van der Waals surface area contributed by atoms with Crippen molar-refractivity contribution in [1.29, 1.82) is 0 Å². The molecule has 0 saturated heterocycles. The van der Waals surface area contributed by atoms with Crippen LogP contribution in [0, 0.1) is 0 Å². The van der Waals surface area contributed by atoms with E-state index >= 15 is 0 Å². The molecule has 0 aliphatic carbocycles. The SMILES string of the molecule is C[Si](C)O[Si]O[Si]O[Si]. The van der Waals surface area contributed by atoms with Crippen molar-refractivity contribution in [3.05, 3.63) is 0 Å². The topological polar surface area (TPSA) is 27.7 Å². The Morgan fingerprint density at radius 2 is 2.00 bits per heavy atom. The molecular formula is C2H6O3Si4. The van der Waals surface area contributed by atoms with Crippen LogP contribution < -0.4 is 0 Å². The van der Waals surface area contributed by atoms with Crippen LogP contribution in [0.15, 0.2) is 0 Å². The Labute approximate surface area is 65.5 Å². The van der Waals surface area contributed by atoms with Gasteiger partial charge in [0.05, 0.1) is 0 Å². The molecule has 0 aromatic carbocycles. The summed E-state index contributed by atoms with van der Waals surface area (Å²) in [5, 5.41) is 0. The molecule has 0 fully saturated rings. The van der Waals surface area contributed by atoms with Crippen LogP contribution in [0.25, 0.3) is 0 Å². The van der Waals surface area contributed by atoms with Gasteiger partial charge in [0, 0.05) is 0 Å². The van der Waals surface area contributed by atoms with Gasteiger partial charge in [0.2, 0.25) is 10.5 Å². The van der Waals surface area contributed by atoms with Crippen molar-refractivity contribution in [3.8, 4) is 0 Å². The van der Waals surface area contributed by atoms with Crippen LogP contribution in [0.2, 0.25) is 13.1 Å².